The normalized spacial score (nSPS) is 16.6. The fourth-order valence-corrected chi connectivity index (χ4v) is 3.11. The molecule has 1 saturated heterocycles. The Balaban J connectivity index is 1.71. The van der Waals surface area contributed by atoms with Gasteiger partial charge in [0.05, 0.1) is 0 Å². The van der Waals surface area contributed by atoms with Gasteiger partial charge >= 0.3 is 0 Å². The number of benzene rings is 2. The van der Waals surface area contributed by atoms with Crippen LogP contribution in [-0.4, -0.2) is 24.5 Å². The third-order valence-corrected chi connectivity index (χ3v) is 4.41. The summed E-state index contributed by atoms with van der Waals surface area (Å²) < 4.78 is 27.2. The van der Waals surface area contributed by atoms with Crippen LogP contribution in [-0.2, 0) is 6.54 Å². The minimum Gasteiger partial charge on any atom is -0.305 e. The second-order valence-corrected chi connectivity index (χ2v) is 6.06. The average Bonchev–Trinajstić information content (AvgIpc) is 3.09. The molecule has 2 aromatic carbocycles. The summed E-state index contributed by atoms with van der Waals surface area (Å²) in [4.78, 5) is 2.42. The SMILES string of the molecule is Fc1cccc(CNC(CN2CCCC2)c2ccccc2)c1F. The fraction of sp³-hybridized carbons (Fsp3) is 0.368. The first-order valence-electron chi connectivity index (χ1n) is 8.17. The molecule has 122 valence electrons. The third-order valence-electron chi connectivity index (χ3n) is 4.41. The first-order chi connectivity index (χ1) is 11.2. The average molecular weight is 316 g/mol. The van der Waals surface area contributed by atoms with Crippen LogP contribution < -0.4 is 5.32 Å². The van der Waals surface area contributed by atoms with Gasteiger partial charge in [0, 0.05) is 24.7 Å². The molecule has 4 heteroatoms. The quantitative estimate of drug-likeness (QED) is 0.870. The molecule has 0 amide bonds. The van der Waals surface area contributed by atoms with E-state index in [1.807, 2.05) is 18.2 Å². The highest BCUT2D eigenvalue weighted by Crippen LogP contribution is 2.19. The van der Waals surface area contributed by atoms with Gasteiger partial charge in [-0.1, -0.05) is 42.5 Å². The molecule has 1 aliphatic rings. The molecule has 1 aliphatic heterocycles. The highest BCUT2D eigenvalue weighted by atomic mass is 19.2. The monoisotopic (exact) mass is 316 g/mol. The van der Waals surface area contributed by atoms with E-state index in [0.717, 1.165) is 25.7 Å². The lowest BCUT2D eigenvalue weighted by molar-refractivity contribution is 0.290. The van der Waals surface area contributed by atoms with E-state index in [1.54, 1.807) is 12.1 Å². The molecular weight excluding hydrogens is 294 g/mol. The van der Waals surface area contributed by atoms with Crippen LogP contribution in [0.3, 0.4) is 0 Å². The summed E-state index contributed by atoms with van der Waals surface area (Å²) in [7, 11) is 0. The predicted molar refractivity (Wildman–Crippen MR) is 88.1 cm³/mol. The van der Waals surface area contributed by atoms with Gasteiger partial charge in [0.25, 0.3) is 0 Å². The van der Waals surface area contributed by atoms with Crippen LogP contribution >= 0.6 is 0 Å². The van der Waals surface area contributed by atoms with Crippen molar-refractivity contribution in [2.75, 3.05) is 19.6 Å². The van der Waals surface area contributed by atoms with Gasteiger partial charge < -0.3 is 10.2 Å². The minimum absolute atomic E-state index is 0.108. The van der Waals surface area contributed by atoms with E-state index in [0.29, 0.717) is 12.1 Å². The zero-order valence-electron chi connectivity index (χ0n) is 13.1. The molecule has 0 saturated carbocycles. The van der Waals surface area contributed by atoms with Crippen molar-refractivity contribution < 1.29 is 8.78 Å². The van der Waals surface area contributed by atoms with E-state index in [4.69, 9.17) is 0 Å². The number of likely N-dealkylation sites (tertiary alicyclic amines) is 1. The lowest BCUT2D eigenvalue weighted by atomic mass is 10.1. The third kappa shape index (κ3) is 4.15. The molecule has 1 unspecified atom stereocenters. The summed E-state index contributed by atoms with van der Waals surface area (Å²) >= 11 is 0. The van der Waals surface area contributed by atoms with Crippen molar-refractivity contribution in [1.82, 2.24) is 10.2 Å². The van der Waals surface area contributed by atoms with Crippen molar-refractivity contribution >= 4 is 0 Å². The van der Waals surface area contributed by atoms with Gasteiger partial charge in [-0.15, -0.1) is 0 Å². The number of rotatable bonds is 6. The Hall–Kier alpha value is -1.78. The van der Waals surface area contributed by atoms with E-state index in [1.165, 1.54) is 18.4 Å². The molecule has 0 bridgehead atoms. The molecule has 1 atom stereocenters. The first-order valence-corrected chi connectivity index (χ1v) is 8.17. The number of hydrogen-bond donors (Lipinski definition) is 1. The zero-order chi connectivity index (χ0) is 16.1. The Morgan fingerprint density at radius 3 is 2.43 bits per heavy atom. The number of halogens is 2. The Kier molecular flexibility index (Phi) is 5.36. The van der Waals surface area contributed by atoms with Crippen LogP contribution in [0.5, 0.6) is 0 Å². The topological polar surface area (TPSA) is 15.3 Å². The maximum atomic E-state index is 13.8. The summed E-state index contributed by atoms with van der Waals surface area (Å²) in [6.07, 6.45) is 2.47. The van der Waals surface area contributed by atoms with Crippen LogP contribution in [0.4, 0.5) is 8.78 Å². The van der Waals surface area contributed by atoms with Crippen LogP contribution in [0, 0.1) is 11.6 Å². The van der Waals surface area contributed by atoms with Crippen molar-refractivity contribution in [3.8, 4) is 0 Å². The molecular formula is C19H22F2N2. The van der Waals surface area contributed by atoms with Gasteiger partial charge in [0.15, 0.2) is 11.6 Å². The largest absolute Gasteiger partial charge is 0.305 e. The molecule has 0 spiro atoms. The van der Waals surface area contributed by atoms with E-state index < -0.39 is 11.6 Å². The first kappa shape index (κ1) is 16.1. The van der Waals surface area contributed by atoms with Gasteiger partial charge in [0.2, 0.25) is 0 Å². The van der Waals surface area contributed by atoms with Crippen molar-refractivity contribution in [1.29, 1.82) is 0 Å². The molecule has 1 N–H and O–H groups in total. The lowest BCUT2D eigenvalue weighted by Gasteiger charge is -2.25. The fourth-order valence-electron chi connectivity index (χ4n) is 3.11. The van der Waals surface area contributed by atoms with E-state index in [9.17, 15) is 8.78 Å². The molecule has 0 aromatic heterocycles. The molecule has 0 radical (unpaired) electrons. The van der Waals surface area contributed by atoms with Crippen LogP contribution in [0.2, 0.25) is 0 Å². The number of nitrogens with one attached hydrogen (secondary N) is 1. The number of hydrogen-bond acceptors (Lipinski definition) is 2. The van der Waals surface area contributed by atoms with Crippen LogP contribution in [0.15, 0.2) is 48.5 Å². The van der Waals surface area contributed by atoms with E-state index >= 15 is 0 Å². The van der Waals surface area contributed by atoms with Gasteiger partial charge in [-0.2, -0.15) is 0 Å². The van der Waals surface area contributed by atoms with Gasteiger partial charge in [-0.3, -0.25) is 0 Å². The highest BCUT2D eigenvalue weighted by molar-refractivity contribution is 5.22. The van der Waals surface area contributed by atoms with Crippen molar-refractivity contribution in [2.24, 2.45) is 0 Å². The zero-order valence-corrected chi connectivity index (χ0v) is 13.1. The second-order valence-electron chi connectivity index (χ2n) is 6.06. The standard InChI is InChI=1S/C19H22F2N2/c20-17-10-6-9-16(19(17)21)13-22-18(14-23-11-4-5-12-23)15-7-2-1-3-8-15/h1-3,6-10,18,22H,4-5,11-14H2. The molecule has 23 heavy (non-hydrogen) atoms. The summed E-state index contributed by atoms with van der Waals surface area (Å²) in [5.74, 6) is -1.55. The Morgan fingerprint density at radius 2 is 1.70 bits per heavy atom. The maximum absolute atomic E-state index is 13.8. The van der Waals surface area contributed by atoms with Crippen LogP contribution in [0.1, 0.15) is 30.0 Å². The number of nitrogens with zero attached hydrogens (tertiary/aromatic N) is 1. The maximum Gasteiger partial charge on any atom is 0.163 e. The second kappa shape index (κ2) is 7.66. The van der Waals surface area contributed by atoms with Crippen molar-refractivity contribution in [2.45, 2.75) is 25.4 Å². The Labute approximate surface area is 136 Å². The summed E-state index contributed by atoms with van der Waals surface area (Å²) in [6, 6.07) is 14.6. The Morgan fingerprint density at radius 1 is 0.957 bits per heavy atom. The van der Waals surface area contributed by atoms with E-state index in [-0.39, 0.29) is 6.04 Å². The molecule has 0 aliphatic carbocycles. The van der Waals surface area contributed by atoms with Gasteiger partial charge in [-0.25, -0.2) is 8.78 Å². The summed E-state index contributed by atoms with van der Waals surface area (Å²) in [5, 5.41) is 3.40. The van der Waals surface area contributed by atoms with Crippen LogP contribution in [0.25, 0.3) is 0 Å². The summed E-state index contributed by atoms with van der Waals surface area (Å²) in [5.41, 5.74) is 1.54. The summed E-state index contributed by atoms with van der Waals surface area (Å²) in [6.45, 7) is 3.43. The van der Waals surface area contributed by atoms with Crippen molar-refractivity contribution in [3.63, 3.8) is 0 Å². The molecule has 2 aromatic rings. The molecule has 1 fully saturated rings. The Bertz CT molecular complexity index is 625. The smallest absolute Gasteiger partial charge is 0.163 e. The molecule has 1 heterocycles. The molecule has 2 nitrogen and oxygen atoms in total. The molecule has 3 rings (SSSR count). The lowest BCUT2D eigenvalue weighted by Crippen LogP contribution is -2.33. The predicted octanol–water partition coefficient (Wildman–Crippen LogP) is 3.89. The highest BCUT2D eigenvalue weighted by Gasteiger charge is 2.19. The van der Waals surface area contributed by atoms with Gasteiger partial charge in [-0.05, 0) is 37.6 Å². The van der Waals surface area contributed by atoms with E-state index in [2.05, 4.69) is 22.3 Å². The minimum atomic E-state index is -0.792. The van der Waals surface area contributed by atoms with Crippen molar-refractivity contribution in [3.05, 3.63) is 71.3 Å². The van der Waals surface area contributed by atoms with Gasteiger partial charge in [0.1, 0.15) is 0 Å².